The van der Waals surface area contributed by atoms with Gasteiger partial charge in [0.25, 0.3) is 11.7 Å². The molecule has 1 unspecified atom stereocenters. The zero-order valence-corrected chi connectivity index (χ0v) is 19.0. The van der Waals surface area contributed by atoms with E-state index in [0.717, 1.165) is 25.2 Å². The Morgan fingerprint density at radius 1 is 1.21 bits per heavy atom. The molecule has 1 atom stereocenters. The highest BCUT2D eigenvalue weighted by Gasteiger charge is 2.46. The first-order chi connectivity index (χ1) is 16.0. The van der Waals surface area contributed by atoms with Crippen molar-refractivity contribution < 1.29 is 24.2 Å². The molecule has 0 aliphatic carbocycles. The van der Waals surface area contributed by atoms with Gasteiger partial charge in [0.15, 0.2) is 0 Å². The van der Waals surface area contributed by atoms with Gasteiger partial charge in [0.05, 0.1) is 31.9 Å². The van der Waals surface area contributed by atoms with Crippen molar-refractivity contribution in [1.82, 2.24) is 14.8 Å². The summed E-state index contributed by atoms with van der Waals surface area (Å²) in [7, 11) is 1.58. The molecule has 1 N–H and O–H groups in total. The number of ketones is 1. The van der Waals surface area contributed by atoms with Gasteiger partial charge in [-0.05, 0) is 48.7 Å². The lowest BCUT2D eigenvalue weighted by Crippen LogP contribution is -2.39. The number of Topliss-reactive ketones (excluding diaryl/α,β-unsaturated/α-hetero) is 1. The van der Waals surface area contributed by atoms with E-state index in [9.17, 15) is 14.7 Å². The molecule has 0 spiro atoms. The number of rotatable bonds is 7. The largest absolute Gasteiger partial charge is 0.507 e. The number of aliphatic hydroxyl groups is 1. The molecular formula is C25H29N3O5. The van der Waals surface area contributed by atoms with Crippen LogP contribution < -0.4 is 4.74 Å². The van der Waals surface area contributed by atoms with Crippen molar-refractivity contribution in [3.05, 3.63) is 65.0 Å². The summed E-state index contributed by atoms with van der Waals surface area (Å²) in [4.78, 5) is 34.2. The van der Waals surface area contributed by atoms with Crippen LogP contribution in [0.3, 0.4) is 0 Å². The minimum absolute atomic E-state index is 0.0870. The molecule has 8 nitrogen and oxygen atoms in total. The predicted molar refractivity (Wildman–Crippen MR) is 123 cm³/mol. The molecule has 2 fully saturated rings. The Bertz CT molecular complexity index is 1050. The number of ether oxygens (including phenoxy) is 2. The van der Waals surface area contributed by atoms with Crippen molar-refractivity contribution in [3.8, 4) is 5.75 Å². The van der Waals surface area contributed by atoms with E-state index < -0.39 is 17.7 Å². The first-order valence-corrected chi connectivity index (χ1v) is 11.1. The lowest BCUT2D eigenvalue weighted by Gasteiger charge is -2.29. The number of benzene rings is 1. The summed E-state index contributed by atoms with van der Waals surface area (Å²) in [6.45, 7) is 6.22. The van der Waals surface area contributed by atoms with Crippen molar-refractivity contribution in [3.63, 3.8) is 0 Å². The lowest BCUT2D eigenvalue weighted by atomic mass is 9.95. The third-order valence-corrected chi connectivity index (χ3v) is 6.19. The standard InChI is InChI=1S/C25H29N3O5/c1-17-15-18(6-7-20(17)32-2)23(29)21-22(19-5-3-8-26-16-19)28(25(31)24(21)30)10-4-9-27-11-13-33-14-12-27/h3,5-8,15-16,22,29H,4,9-14H2,1-2H3/b23-21-. The topological polar surface area (TPSA) is 92.2 Å². The number of likely N-dealkylation sites (tertiary alicyclic amines) is 1. The third-order valence-electron chi connectivity index (χ3n) is 6.19. The van der Waals surface area contributed by atoms with Crippen molar-refractivity contribution in [1.29, 1.82) is 0 Å². The average molecular weight is 452 g/mol. The molecule has 0 saturated carbocycles. The first kappa shape index (κ1) is 22.9. The molecule has 8 heteroatoms. The van der Waals surface area contributed by atoms with Gasteiger partial charge in [-0.15, -0.1) is 0 Å². The monoisotopic (exact) mass is 451 g/mol. The van der Waals surface area contributed by atoms with Crippen LogP contribution in [0.4, 0.5) is 0 Å². The Balaban J connectivity index is 1.66. The minimum atomic E-state index is -0.689. The number of carbonyl (C=O) groups excluding carboxylic acids is 2. The van der Waals surface area contributed by atoms with Gasteiger partial charge in [-0.1, -0.05) is 6.07 Å². The molecule has 2 aliphatic heterocycles. The summed E-state index contributed by atoms with van der Waals surface area (Å²) in [6.07, 6.45) is 3.99. The summed E-state index contributed by atoms with van der Waals surface area (Å²) in [5.41, 5.74) is 2.06. The Morgan fingerprint density at radius 3 is 2.67 bits per heavy atom. The van der Waals surface area contributed by atoms with Crippen LogP contribution in [0.15, 0.2) is 48.3 Å². The zero-order chi connectivity index (χ0) is 23.4. The zero-order valence-electron chi connectivity index (χ0n) is 19.0. The second-order valence-corrected chi connectivity index (χ2v) is 8.27. The number of morpholine rings is 1. The van der Waals surface area contributed by atoms with Crippen molar-refractivity contribution >= 4 is 17.4 Å². The second-order valence-electron chi connectivity index (χ2n) is 8.27. The van der Waals surface area contributed by atoms with Crippen LogP contribution in [-0.4, -0.2) is 78.1 Å². The molecule has 1 aromatic heterocycles. The number of methoxy groups -OCH3 is 1. The highest BCUT2D eigenvalue weighted by Crippen LogP contribution is 2.39. The van der Waals surface area contributed by atoms with Gasteiger partial charge < -0.3 is 19.5 Å². The van der Waals surface area contributed by atoms with Gasteiger partial charge in [0.1, 0.15) is 11.5 Å². The third kappa shape index (κ3) is 4.77. The van der Waals surface area contributed by atoms with E-state index in [1.807, 2.05) is 13.0 Å². The van der Waals surface area contributed by atoms with E-state index >= 15 is 0 Å². The number of nitrogens with zero attached hydrogens (tertiary/aromatic N) is 3. The van der Waals surface area contributed by atoms with E-state index in [0.29, 0.717) is 43.1 Å². The van der Waals surface area contributed by atoms with Gasteiger partial charge in [-0.2, -0.15) is 0 Å². The molecule has 4 rings (SSSR count). The quantitative estimate of drug-likeness (QED) is 0.393. The van der Waals surface area contributed by atoms with E-state index in [4.69, 9.17) is 9.47 Å². The Labute approximate surface area is 193 Å². The molecule has 2 aliphatic rings. The maximum Gasteiger partial charge on any atom is 0.295 e. The van der Waals surface area contributed by atoms with Crippen LogP contribution in [0.2, 0.25) is 0 Å². The number of aromatic nitrogens is 1. The van der Waals surface area contributed by atoms with E-state index in [1.54, 1.807) is 48.7 Å². The molecule has 3 heterocycles. The summed E-state index contributed by atoms with van der Waals surface area (Å²) < 4.78 is 10.7. The Morgan fingerprint density at radius 2 is 2.00 bits per heavy atom. The van der Waals surface area contributed by atoms with Gasteiger partial charge in [0, 0.05) is 44.1 Å². The fourth-order valence-corrected chi connectivity index (χ4v) is 4.47. The smallest absolute Gasteiger partial charge is 0.295 e. The lowest BCUT2D eigenvalue weighted by molar-refractivity contribution is -0.140. The minimum Gasteiger partial charge on any atom is -0.507 e. The van der Waals surface area contributed by atoms with Crippen molar-refractivity contribution in [2.75, 3.05) is 46.5 Å². The molecule has 1 amide bonds. The number of carbonyl (C=O) groups is 2. The number of amides is 1. The van der Waals surface area contributed by atoms with Gasteiger partial charge in [0.2, 0.25) is 0 Å². The van der Waals surface area contributed by atoms with Gasteiger partial charge >= 0.3 is 0 Å². The molecule has 0 bridgehead atoms. The summed E-state index contributed by atoms with van der Waals surface area (Å²) in [5.74, 6) is -0.790. The molecule has 174 valence electrons. The van der Waals surface area contributed by atoms with Crippen LogP contribution in [0.5, 0.6) is 5.75 Å². The van der Waals surface area contributed by atoms with Crippen LogP contribution in [-0.2, 0) is 14.3 Å². The van der Waals surface area contributed by atoms with Crippen molar-refractivity contribution in [2.45, 2.75) is 19.4 Å². The van der Waals surface area contributed by atoms with Crippen molar-refractivity contribution in [2.24, 2.45) is 0 Å². The fraction of sp³-hybridized carbons (Fsp3) is 0.400. The number of hydrogen-bond acceptors (Lipinski definition) is 7. The maximum absolute atomic E-state index is 13.1. The van der Waals surface area contributed by atoms with Gasteiger partial charge in [-0.25, -0.2) is 0 Å². The predicted octanol–water partition coefficient (Wildman–Crippen LogP) is 2.54. The fourth-order valence-electron chi connectivity index (χ4n) is 4.47. The Hall–Kier alpha value is -3.23. The van der Waals surface area contributed by atoms with E-state index in [1.165, 1.54) is 0 Å². The molecular weight excluding hydrogens is 422 g/mol. The molecule has 1 aromatic carbocycles. The molecule has 2 saturated heterocycles. The number of hydrogen-bond donors (Lipinski definition) is 1. The first-order valence-electron chi connectivity index (χ1n) is 11.1. The van der Waals surface area contributed by atoms with Crippen LogP contribution in [0, 0.1) is 6.92 Å². The average Bonchev–Trinajstić information content (AvgIpc) is 3.10. The molecule has 0 radical (unpaired) electrons. The SMILES string of the molecule is COc1ccc(/C(O)=C2/C(=O)C(=O)N(CCCN3CCOCC3)C2c2cccnc2)cc1C. The number of aryl methyl sites for hydroxylation is 1. The summed E-state index contributed by atoms with van der Waals surface area (Å²) >= 11 is 0. The van der Waals surface area contributed by atoms with Gasteiger partial charge in [-0.3, -0.25) is 19.5 Å². The maximum atomic E-state index is 13.1. The normalized spacial score (nSPS) is 20.9. The number of pyridine rings is 1. The highest BCUT2D eigenvalue weighted by atomic mass is 16.5. The molecule has 2 aromatic rings. The van der Waals surface area contributed by atoms with E-state index in [-0.39, 0.29) is 11.3 Å². The summed E-state index contributed by atoms with van der Waals surface area (Å²) in [5, 5.41) is 11.2. The van der Waals surface area contributed by atoms with Crippen LogP contribution in [0.1, 0.15) is 29.2 Å². The Kier molecular flexibility index (Phi) is 7.05. The second kappa shape index (κ2) is 10.1. The van der Waals surface area contributed by atoms with Crippen LogP contribution in [0.25, 0.3) is 5.76 Å². The van der Waals surface area contributed by atoms with Crippen LogP contribution >= 0.6 is 0 Å². The highest BCUT2D eigenvalue weighted by molar-refractivity contribution is 6.46. The van der Waals surface area contributed by atoms with E-state index in [2.05, 4.69) is 9.88 Å². The number of aliphatic hydroxyl groups excluding tert-OH is 1. The summed E-state index contributed by atoms with van der Waals surface area (Å²) in [6, 6.07) is 8.08. The molecule has 33 heavy (non-hydrogen) atoms.